The first kappa shape index (κ1) is 7.06. The Kier molecular flexibility index (Phi) is 1.58. The van der Waals surface area contributed by atoms with Gasteiger partial charge in [0.1, 0.15) is 0 Å². The maximum absolute atomic E-state index is 5.53. The molecule has 0 radical (unpaired) electrons. The third kappa shape index (κ3) is 1.23. The van der Waals surface area contributed by atoms with Gasteiger partial charge in [0.2, 0.25) is 0 Å². The van der Waals surface area contributed by atoms with E-state index in [9.17, 15) is 0 Å². The second-order valence-electron chi connectivity index (χ2n) is 3.32. The highest BCUT2D eigenvalue weighted by atomic mass is 16.5. The molecule has 1 fully saturated rings. The minimum atomic E-state index is 0.229. The third-order valence-corrected chi connectivity index (χ3v) is 2.45. The number of hydrogen-bond acceptors (Lipinski definition) is 4. The van der Waals surface area contributed by atoms with Gasteiger partial charge in [0, 0.05) is 24.8 Å². The van der Waals surface area contributed by atoms with Crippen molar-refractivity contribution in [3.8, 4) is 0 Å². The summed E-state index contributed by atoms with van der Waals surface area (Å²) in [6.07, 6.45) is 4.10. The van der Waals surface area contributed by atoms with Gasteiger partial charge in [-0.3, -0.25) is 0 Å². The van der Waals surface area contributed by atoms with Crippen molar-refractivity contribution in [2.75, 3.05) is 19.8 Å². The van der Waals surface area contributed by atoms with E-state index in [1.807, 2.05) is 6.21 Å². The summed E-state index contributed by atoms with van der Waals surface area (Å²) in [5.74, 6) is 5.53. The van der Waals surface area contributed by atoms with Crippen molar-refractivity contribution >= 4 is 6.21 Å². The summed E-state index contributed by atoms with van der Waals surface area (Å²) < 4.78 is 5.27. The first-order valence-corrected chi connectivity index (χ1v) is 3.96. The molecular weight excluding hydrogens is 142 g/mol. The predicted octanol–water partition coefficient (Wildman–Crippen LogP) is -0.0417. The molecule has 2 N–H and O–H groups in total. The fourth-order valence-corrected chi connectivity index (χ4v) is 1.67. The zero-order valence-corrected chi connectivity index (χ0v) is 6.49. The molecule has 0 aromatic carbocycles. The van der Waals surface area contributed by atoms with E-state index in [4.69, 9.17) is 10.6 Å². The zero-order valence-electron chi connectivity index (χ0n) is 6.49. The molecule has 2 heterocycles. The largest absolute Gasteiger partial charge is 0.381 e. The maximum atomic E-state index is 5.53. The van der Waals surface area contributed by atoms with Gasteiger partial charge in [-0.15, -0.1) is 0 Å². The number of ether oxygens (including phenoxy) is 1. The lowest BCUT2D eigenvalue weighted by atomic mass is 9.82. The van der Waals surface area contributed by atoms with Crippen LogP contribution >= 0.6 is 0 Å². The Morgan fingerprint density at radius 3 is 2.73 bits per heavy atom. The Bertz CT molecular complexity index is 175. The second-order valence-corrected chi connectivity index (χ2v) is 3.32. The van der Waals surface area contributed by atoms with Crippen LogP contribution in [-0.2, 0) is 4.74 Å². The van der Waals surface area contributed by atoms with Crippen molar-refractivity contribution in [1.29, 1.82) is 0 Å². The molecule has 2 aliphatic heterocycles. The molecule has 0 saturated carbocycles. The number of rotatable bonds is 0. The number of hydrazine groups is 1. The van der Waals surface area contributed by atoms with E-state index in [2.05, 4.69) is 5.10 Å². The molecule has 2 rings (SSSR count). The highest BCUT2D eigenvalue weighted by Gasteiger charge is 2.35. The summed E-state index contributed by atoms with van der Waals surface area (Å²) in [4.78, 5) is 0. The molecule has 0 amide bonds. The molecule has 2 aliphatic rings. The number of nitrogens with two attached hydrogens (primary N) is 1. The molecule has 0 bridgehead atoms. The Morgan fingerprint density at radius 2 is 2.18 bits per heavy atom. The number of nitrogens with zero attached hydrogens (tertiary/aromatic N) is 2. The zero-order chi connectivity index (χ0) is 7.73. The summed E-state index contributed by atoms with van der Waals surface area (Å²) in [7, 11) is 0. The number of hydrazone groups is 1. The van der Waals surface area contributed by atoms with E-state index in [0.717, 1.165) is 32.6 Å². The van der Waals surface area contributed by atoms with Gasteiger partial charge in [0.05, 0.1) is 6.54 Å². The van der Waals surface area contributed by atoms with Crippen LogP contribution in [0.15, 0.2) is 5.10 Å². The van der Waals surface area contributed by atoms with Gasteiger partial charge >= 0.3 is 0 Å². The van der Waals surface area contributed by atoms with Gasteiger partial charge in [0.25, 0.3) is 0 Å². The summed E-state index contributed by atoms with van der Waals surface area (Å²) in [5, 5.41) is 5.56. The second kappa shape index (κ2) is 2.46. The van der Waals surface area contributed by atoms with Gasteiger partial charge in [-0.2, -0.15) is 5.10 Å². The van der Waals surface area contributed by atoms with Gasteiger partial charge in [-0.25, -0.2) is 11.0 Å². The molecule has 0 aliphatic carbocycles. The van der Waals surface area contributed by atoms with Crippen molar-refractivity contribution in [2.45, 2.75) is 12.8 Å². The minimum absolute atomic E-state index is 0.229. The molecule has 4 heteroatoms. The highest BCUT2D eigenvalue weighted by molar-refractivity contribution is 5.67. The lowest BCUT2D eigenvalue weighted by Crippen LogP contribution is -2.37. The van der Waals surface area contributed by atoms with Gasteiger partial charge in [-0.1, -0.05) is 0 Å². The SMILES string of the molecule is NN1CC2(C=N1)CCOCC2. The highest BCUT2D eigenvalue weighted by Crippen LogP contribution is 2.31. The van der Waals surface area contributed by atoms with Gasteiger partial charge < -0.3 is 4.74 Å². The fraction of sp³-hybridized carbons (Fsp3) is 0.857. The van der Waals surface area contributed by atoms with Crippen LogP contribution in [0, 0.1) is 5.41 Å². The Hall–Kier alpha value is -0.610. The van der Waals surface area contributed by atoms with Crippen LogP contribution in [0.2, 0.25) is 0 Å². The molecule has 4 nitrogen and oxygen atoms in total. The quantitative estimate of drug-likeness (QED) is 0.499. The molecule has 0 aromatic rings. The van der Waals surface area contributed by atoms with E-state index in [1.165, 1.54) is 5.12 Å². The van der Waals surface area contributed by atoms with E-state index >= 15 is 0 Å². The first-order valence-electron chi connectivity index (χ1n) is 3.96. The molecule has 0 aromatic heterocycles. The van der Waals surface area contributed by atoms with E-state index < -0.39 is 0 Å². The van der Waals surface area contributed by atoms with Gasteiger partial charge in [-0.05, 0) is 12.8 Å². The van der Waals surface area contributed by atoms with E-state index in [-0.39, 0.29) is 5.41 Å². The smallest absolute Gasteiger partial charge is 0.0638 e. The van der Waals surface area contributed by atoms with Crippen molar-refractivity contribution in [3.63, 3.8) is 0 Å². The molecule has 1 saturated heterocycles. The summed E-state index contributed by atoms with van der Waals surface area (Å²) in [6, 6.07) is 0. The van der Waals surface area contributed by atoms with Gasteiger partial charge in [0.15, 0.2) is 0 Å². The molecule has 62 valence electrons. The van der Waals surface area contributed by atoms with Crippen molar-refractivity contribution in [1.82, 2.24) is 5.12 Å². The maximum Gasteiger partial charge on any atom is 0.0638 e. The van der Waals surface area contributed by atoms with Crippen LogP contribution in [-0.4, -0.2) is 31.1 Å². The normalized spacial score (nSPS) is 28.3. The fourth-order valence-electron chi connectivity index (χ4n) is 1.67. The van der Waals surface area contributed by atoms with E-state index in [0.29, 0.717) is 0 Å². The molecule has 1 spiro atoms. The number of hydrogen-bond donors (Lipinski definition) is 1. The summed E-state index contributed by atoms with van der Waals surface area (Å²) in [6.45, 7) is 2.55. The van der Waals surface area contributed by atoms with Crippen LogP contribution < -0.4 is 5.84 Å². The lowest BCUT2D eigenvalue weighted by Gasteiger charge is -2.30. The van der Waals surface area contributed by atoms with E-state index in [1.54, 1.807) is 0 Å². The lowest BCUT2D eigenvalue weighted by molar-refractivity contribution is 0.0400. The Balaban J connectivity index is 2.05. The van der Waals surface area contributed by atoms with Crippen LogP contribution in [0.1, 0.15) is 12.8 Å². The molecule has 0 unspecified atom stereocenters. The molecule has 11 heavy (non-hydrogen) atoms. The average Bonchev–Trinajstić information content (AvgIpc) is 2.34. The van der Waals surface area contributed by atoms with Crippen LogP contribution in [0.25, 0.3) is 0 Å². The molecular formula is C7H13N3O. The monoisotopic (exact) mass is 155 g/mol. The van der Waals surface area contributed by atoms with Crippen LogP contribution in [0.5, 0.6) is 0 Å². The minimum Gasteiger partial charge on any atom is -0.381 e. The summed E-state index contributed by atoms with van der Waals surface area (Å²) >= 11 is 0. The first-order chi connectivity index (χ1) is 5.31. The van der Waals surface area contributed by atoms with Crippen molar-refractivity contribution < 1.29 is 4.74 Å². The third-order valence-electron chi connectivity index (χ3n) is 2.45. The standard InChI is InChI=1S/C7H13N3O/c8-10-6-7(5-9-10)1-3-11-4-2-7/h5H,1-4,6,8H2. The van der Waals surface area contributed by atoms with Crippen molar-refractivity contribution in [2.24, 2.45) is 16.4 Å². The topological polar surface area (TPSA) is 50.8 Å². The average molecular weight is 155 g/mol. The van der Waals surface area contributed by atoms with Crippen molar-refractivity contribution in [3.05, 3.63) is 0 Å². The predicted molar refractivity (Wildman–Crippen MR) is 41.9 cm³/mol. The Labute approximate surface area is 66.0 Å². The molecule has 0 atom stereocenters. The van der Waals surface area contributed by atoms with Crippen LogP contribution in [0.3, 0.4) is 0 Å². The summed E-state index contributed by atoms with van der Waals surface area (Å²) in [5.41, 5.74) is 0.229. The van der Waals surface area contributed by atoms with Crippen LogP contribution in [0.4, 0.5) is 0 Å². The Morgan fingerprint density at radius 1 is 1.45 bits per heavy atom.